The molecule has 0 atom stereocenters. The Labute approximate surface area is 118 Å². The second-order valence-corrected chi connectivity index (χ2v) is 4.69. The van der Waals surface area contributed by atoms with Gasteiger partial charge in [0.25, 0.3) is 0 Å². The molecule has 6 nitrogen and oxygen atoms in total. The maximum absolute atomic E-state index is 11.6. The highest BCUT2D eigenvalue weighted by molar-refractivity contribution is 5.98. The van der Waals surface area contributed by atoms with Crippen molar-refractivity contribution >= 4 is 11.6 Å². The van der Waals surface area contributed by atoms with Crippen molar-refractivity contribution in [2.75, 3.05) is 26.4 Å². The summed E-state index contributed by atoms with van der Waals surface area (Å²) in [6.45, 7) is 2.33. The molecule has 0 radical (unpaired) electrons. The molecule has 0 N–H and O–H groups in total. The average molecular weight is 284 g/mol. The first kappa shape index (κ1) is 15.3. The normalized spacial score (nSPS) is 21.0. The number of hydrogen-bond donors (Lipinski definition) is 0. The van der Waals surface area contributed by atoms with Crippen LogP contribution in [-0.4, -0.2) is 50.6 Å². The van der Waals surface area contributed by atoms with Crippen molar-refractivity contribution in [2.45, 2.75) is 38.3 Å². The molecule has 0 aromatic rings. The molecule has 2 aliphatic rings. The van der Waals surface area contributed by atoms with Crippen molar-refractivity contribution in [2.24, 2.45) is 0 Å². The molecule has 2 saturated heterocycles. The third-order valence-electron chi connectivity index (χ3n) is 3.09. The zero-order valence-corrected chi connectivity index (χ0v) is 11.4. The van der Waals surface area contributed by atoms with Gasteiger partial charge >= 0.3 is 0 Å². The van der Waals surface area contributed by atoms with E-state index in [4.69, 9.17) is 18.9 Å². The minimum absolute atomic E-state index is 0.0918. The van der Waals surface area contributed by atoms with Gasteiger partial charge in [0.05, 0.1) is 26.4 Å². The first-order valence-corrected chi connectivity index (χ1v) is 6.94. The van der Waals surface area contributed by atoms with E-state index < -0.39 is 0 Å². The molecule has 0 saturated carbocycles. The van der Waals surface area contributed by atoms with Crippen molar-refractivity contribution in [3.63, 3.8) is 0 Å². The summed E-state index contributed by atoms with van der Waals surface area (Å²) in [6, 6.07) is 0. The zero-order valence-electron chi connectivity index (χ0n) is 11.4. The van der Waals surface area contributed by atoms with Gasteiger partial charge in [-0.25, -0.2) is 0 Å². The Morgan fingerprint density at radius 3 is 1.45 bits per heavy atom. The minimum atomic E-state index is -0.278. The molecular weight excluding hydrogens is 264 g/mol. The third kappa shape index (κ3) is 5.50. The number of hydrogen-bond acceptors (Lipinski definition) is 6. The number of carbonyl (C=O) groups excluding carboxylic acids is 2. The molecule has 2 heterocycles. The van der Waals surface area contributed by atoms with Crippen molar-refractivity contribution in [3.8, 4) is 0 Å². The van der Waals surface area contributed by atoms with Gasteiger partial charge in [-0.2, -0.15) is 0 Å². The van der Waals surface area contributed by atoms with E-state index in [9.17, 15) is 9.59 Å². The molecule has 0 unspecified atom stereocenters. The lowest BCUT2D eigenvalue weighted by atomic mass is 10.1. The Hall–Kier alpha value is -1.08. The van der Waals surface area contributed by atoms with E-state index >= 15 is 0 Å². The Morgan fingerprint density at radius 1 is 0.750 bits per heavy atom. The average Bonchev–Trinajstić information content (AvgIpc) is 3.13. The Balaban J connectivity index is 1.58. The SMILES string of the molecule is O=C(/C=C/C(=O)CCC1OCCO1)CCC1OCCO1. The number of ether oxygens (including phenoxy) is 4. The van der Waals surface area contributed by atoms with Crippen LogP contribution in [0.1, 0.15) is 25.7 Å². The quantitative estimate of drug-likeness (QED) is 0.619. The summed E-state index contributed by atoms with van der Waals surface area (Å²) in [5, 5.41) is 0. The Kier molecular flexibility index (Phi) is 6.32. The monoisotopic (exact) mass is 284 g/mol. The molecule has 0 aliphatic carbocycles. The van der Waals surface area contributed by atoms with Crippen LogP contribution in [0.2, 0.25) is 0 Å². The van der Waals surface area contributed by atoms with E-state index in [0.717, 1.165) is 0 Å². The van der Waals surface area contributed by atoms with Crippen LogP contribution in [0.25, 0.3) is 0 Å². The first-order valence-electron chi connectivity index (χ1n) is 6.94. The van der Waals surface area contributed by atoms with E-state index in [1.807, 2.05) is 0 Å². The lowest BCUT2D eigenvalue weighted by molar-refractivity contribution is -0.119. The molecule has 2 aliphatic heterocycles. The van der Waals surface area contributed by atoms with Crippen molar-refractivity contribution in [1.29, 1.82) is 0 Å². The third-order valence-corrected chi connectivity index (χ3v) is 3.09. The van der Waals surface area contributed by atoms with Gasteiger partial charge in [-0.15, -0.1) is 0 Å². The maximum Gasteiger partial charge on any atom is 0.158 e. The molecule has 6 heteroatoms. The predicted molar refractivity (Wildman–Crippen MR) is 69.0 cm³/mol. The van der Waals surface area contributed by atoms with Gasteiger partial charge < -0.3 is 18.9 Å². The van der Waals surface area contributed by atoms with E-state index in [1.54, 1.807) is 0 Å². The van der Waals surface area contributed by atoms with E-state index in [-0.39, 0.29) is 24.1 Å². The van der Waals surface area contributed by atoms with E-state index in [1.165, 1.54) is 12.2 Å². The highest BCUT2D eigenvalue weighted by Gasteiger charge is 2.17. The fourth-order valence-corrected chi connectivity index (χ4v) is 2.02. The van der Waals surface area contributed by atoms with Gasteiger partial charge in [0.1, 0.15) is 0 Å². The fraction of sp³-hybridized carbons (Fsp3) is 0.714. The van der Waals surface area contributed by atoms with Gasteiger partial charge in [0.15, 0.2) is 24.1 Å². The van der Waals surface area contributed by atoms with Crippen LogP contribution in [0.5, 0.6) is 0 Å². The maximum atomic E-state index is 11.6. The van der Waals surface area contributed by atoms with Crippen LogP contribution in [0.4, 0.5) is 0 Å². The van der Waals surface area contributed by atoms with Crippen molar-refractivity contribution < 1.29 is 28.5 Å². The lowest BCUT2D eigenvalue weighted by Gasteiger charge is -2.06. The first-order chi connectivity index (χ1) is 9.74. The highest BCUT2D eigenvalue weighted by atomic mass is 16.7. The van der Waals surface area contributed by atoms with Gasteiger partial charge in [0.2, 0.25) is 0 Å². The largest absolute Gasteiger partial charge is 0.350 e. The smallest absolute Gasteiger partial charge is 0.158 e. The number of allylic oxidation sites excluding steroid dienone is 2. The molecule has 0 spiro atoms. The molecule has 2 rings (SSSR count). The minimum Gasteiger partial charge on any atom is -0.350 e. The van der Waals surface area contributed by atoms with Crippen LogP contribution in [0, 0.1) is 0 Å². The zero-order chi connectivity index (χ0) is 14.2. The van der Waals surface area contributed by atoms with E-state index in [0.29, 0.717) is 52.1 Å². The van der Waals surface area contributed by atoms with Gasteiger partial charge in [0, 0.05) is 25.7 Å². The molecule has 20 heavy (non-hydrogen) atoms. The van der Waals surface area contributed by atoms with Crippen molar-refractivity contribution in [1.82, 2.24) is 0 Å². The molecule has 0 aromatic heterocycles. The summed E-state index contributed by atoms with van der Waals surface area (Å²) in [7, 11) is 0. The molecule has 0 amide bonds. The van der Waals surface area contributed by atoms with Crippen molar-refractivity contribution in [3.05, 3.63) is 12.2 Å². The Morgan fingerprint density at radius 2 is 1.10 bits per heavy atom. The topological polar surface area (TPSA) is 71.1 Å². The summed E-state index contributed by atoms with van der Waals surface area (Å²) >= 11 is 0. The van der Waals surface area contributed by atoms with Gasteiger partial charge in [-0.3, -0.25) is 9.59 Å². The van der Waals surface area contributed by atoms with Crippen LogP contribution in [0.15, 0.2) is 12.2 Å². The molecule has 0 bridgehead atoms. The number of rotatable bonds is 8. The molecule has 112 valence electrons. The van der Waals surface area contributed by atoms with Crippen LogP contribution in [-0.2, 0) is 28.5 Å². The van der Waals surface area contributed by atoms with Crippen LogP contribution >= 0.6 is 0 Å². The predicted octanol–water partition coefficient (Wildman–Crippen LogP) is 0.987. The number of ketones is 2. The highest BCUT2D eigenvalue weighted by Crippen LogP contribution is 2.12. The second kappa shape index (κ2) is 8.26. The lowest BCUT2D eigenvalue weighted by Crippen LogP contribution is -2.10. The second-order valence-electron chi connectivity index (χ2n) is 4.69. The molecule has 0 aromatic carbocycles. The van der Waals surface area contributed by atoms with Crippen LogP contribution in [0.3, 0.4) is 0 Å². The fourth-order valence-electron chi connectivity index (χ4n) is 2.02. The standard InChI is InChI=1S/C14H20O6/c15-11(3-5-13-17-7-8-18-13)1-2-12(16)4-6-14-19-9-10-20-14/h1-2,13-14H,3-10H2/b2-1+. The van der Waals surface area contributed by atoms with Gasteiger partial charge in [-0.1, -0.05) is 0 Å². The summed E-state index contributed by atoms with van der Waals surface area (Å²) in [5.74, 6) is -0.184. The summed E-state index contributed by atoms with van der Waals surface area (Å²) < 4.78 is 20.9. The van der Waals surface area contributed by atoms with E-state index in [2.05, 4.69) is 0 Å². The Bertz CT molecular complexity index is 319. The molecular formula is C14H20O6. The number of carbonyl (C=O) groups is 2. The van der Waals surface area contributed by atoms with Gasteiger partial charge in [-0.05, 0) is 12.2 Å². The molecule has 2 fully saturated rings. The summed E-state index contributed by atoms with van der Waals surface area (Å²) in [6.07, 6.45) is 3.80. The summed E-state index contributed by atoms with van der Waals surface area (Å²) in [4.78, 5) is 23.1. The summed E-state index contributed by atoms with van der Waals surface area (Å²) in [5.41, 5.74) is 0. The van der Waals surface area contributed by atoms with Crippen LogP contribution < -0.4 is 0 Å².